The van der Waals surface area contributed by atoms with Gasteiger partial charge in [-0.25, -0.2) is 4.98 Å². The molecule has 4 atom stereocenters. The molecule has 0 spiro atoms. The van der Waals surface area contributed by atoms with Crippen LogP contribution in [0.5, 0.6) is 0 Å². The Morgan fingerprint density at radius 1 is 0.845 bits per heavy atom. The minimum Gasteiger partial charge on any atom is -0.351 e. The fourth-order valence-electron chi connectivity index (χ4n) is 5.91. The lowest BCUT2D eigenvalue weighted by molar-refractivity contribution is -0.138. The van der Waals surface area contributed by atoms with Gasteiger partial charge in [0.05, 0.1) is 25.8 Å². The molecule has 0 radical (unpaired) electrons. The first-order valence-corrected chi connectivity index (χ1v) is 19.8. The van der Waals surface area contributed by atoms with E-state index >= 15 is 0 Å². The zero-order valence-electron chi connectivity index (χ0n) is 34.8. The highest BCUT2D eigenvalue weighted by molar-refractivity contribution is 6.37. The summed E-state index contributed by atoms with van der Waals surface area (Å²) in [5.74, 6) is -3.43. The number of amides is 7. The van der Waals surface area contributed by atoms with Gasteiger partial charge in [0.2, 0.25) is 35.8 Å². The highest BCUT2D eigenvalue weighted by Gasteiger charge is 2.32. The molecule has 7 N–H and O–H groups in total. The molecule has 1 aromatic carbocycles. The number of nitrogens with one attached hydrogen (secondary N) is 7. The van der Waals surface area contributed by atoms with E-state index in [2.05, 4.69) is 54.1 Å². The molecule has 4 rings (SSSR count). The smallest absolute Gasteiger partial charge is 0.289 e. The van der Waals surface area contributed by atoms with E-state index < -0.39 is 48.7 Å². The number of carbonyl (C=O) groups excluding carboxylic acids is 8. The van der Waals surface area contributed by atoms with Crippen LogP contribution in [0.1, 0.15) is 88.8 Å². The van der Waals surface area contributed by atoms with Gasteiger partial charge in [-0.2, -0.15) is 0 Å². The Labute approximate surface area is 341 Å². The summed E-state index contributed by atoms with van der Waals surface area (Å²) in [4.78, 5) is 104. The molecule has 18 heteroatoms. The molecular formula is C40H62N10O8. The molecule has 320 valence electrons. The van der Waals surface area contributed by atoms with Crippen molar-refractivity contribution in [3.05, 3.63) is 60.2 Å². The van der Waals surface area contributed by atoms with E-state index in [1.54, 1.807) is 44.4 Å². The fourth-order valence-corrected chi connectivity index (χ4v) is 5.91. The maximum Gasteiger partial charge on any atom is 0.289 e. The maximum atomic E-state index is 12.9. The van der Waals surface area contributed by atoms with Gasteiger partial charge in [0.15, 0.2) is 0 Å². The van der Waals surface area contributed by atoms with E-state index in [0.717, 1.165) is 45.2 Å². The standard InChI is InChI=1S/C20H30N6O3.C16H20N4O5.2C2H6/c1-13-9-22-10-15(13)25-17(27)12-24-20(29)18(14-5-3-2-4-6-14)26-19(28)16-11-21-7-8-23-16;1-20(2)16(25)14(11-6-4-3-5-7-11)19-13(23)9-18-15(24)12(22)8-17-10-21;2*1-2/h7-8,11,13-15,18,22H,2-6,9-10,12H2,1H3,(H,24,29)(H,25,27)(H,26,28);3-7,10,14H,8-9H2,1-2H3,(H,17,21)(H,18,24)(H,19,23);2*1-2H3/t13-,15+,18?;14-;;/m10../s1. The van der Waals surface area contributed by atoms with Crippen molar-refractivity contribution in [2.24, 2.45) is 11.8 Å². The summed E-state index contributed by atoms with van der Waals surface area (Å²) in [7, 11) is 3.12. The van der Waals surface area contributed by atoms with Crippen molar-refractivity contribution in [2.45, 2.75) is 84.8 Å². The van der Waals surface area contributed by atoms with Gasteiger partial charge in [0.25, 0.3) is 11.8 Å². The van der Waals surface area contributed by atoms with Crippen molar-refractivity contribution in [1.82, 2.24) is 52.1 Å². The number of rotatable bonds is 16. The fraction of sp³-hybridized carbons (Fsp3) is 0.550. The predicted octanol–water partition coefficient (Wildman–Crippen LogP) is 0.411. The van der Waals surface area contributed by atoms with E-state index in [0.29, 0.717) is 11.5 Å². The summed E-state index contributed by atoms with van der Waals surface area (Å²) in [5, 5.41) is 18.4. The normalized spacial score (nSPS) is 16.5. The first-order chi connectivity index (χ1) is 27.9. The molecule has 1 aliphatic heterocycles. The number of hydrogen-bond acceptors (Lipinski definition) is 11. The third-order valence-corrected chi connectivity index (χ3v) is 8.91. The third kappa shape index (κ3) is 18.0. The average Bonchev–Trinajstić information content (AvgIpc) is 3.67. The predicted molar refractivity (Wildman–Crippen MR) is 218 cm³/mol. The van der Waals surface area contributed by atoms with Crippen molar-refractivity contribution >= 4 is 47.6 Å². The summed E-state index contributed by atoms with van der Waals surface area (Å²) in [6.45, 7) is 10.6. The average molecular weight is 811 g/mol. The molecule has 1 aliphatic carbocycles. The zero-order valence-corrected chi connectivity index (χ0v) is 34.8. The van der Waals surface area contributed by atoms with Crippen molar-refractivity contribution in [3.8, 4) is 0 Å². The SMILES string of the molecule is CC.CC.CN(C)C(=O)[C@@H](NC(=O)CNC(=O)C(=O)CNC=O)c1ccccc1.C[C@@H]1CNC[C@@H]1NC(=O)CNC(=O)C(NC(=O)c1cnccn1)C1CCCCC1. The number of hydrogen-bond donors (Lipinski definition) is 7. The molecular weight excluding hydrogens is 749 g/mol. The van der Waals surface area contributed by atoms with Gasteiger partial charge in [-0.05, 0) is 36.8 Å². The Hall–Kier alpha value is -5.78. The second-order valence-electron chi connectivity index (χ2n) is 13.2. The molecule has 1 unspecified atom stereocenters. The lowest BCUT2D eigenvalue weighted by Crippen LogP contribution is -2.53. The number of Topliss-reactive ketones (excluding diaryl/α,β-unsaturated/α-hetero) is 1. The monoisotopic (exact) mass is 810 g/mol. The Kier molecular flexibility index (Phi) is 24.8. The van der Waals surface area contributed by atoms with Crippen LogP contribution >= 0.6 is 0 Å². The molecule has 58 heavy (non-hydrogen) atoms. The van der Waals surface area contributed by atoms with Crippen molar-refractivity contribution < 1.29 is 38.4 Å². The van der Waals surface area contributed by atoms with E-state index in [1.165, 1.54) is 23.5 Å². The second kappa shape index (κ2) is 28.6. The van der Waals surface area contributed by atoms with Crippen LogP contribution in [0.25, 0.3) is 0 Å². The molecule has 2 heterocycles. The minimum absolute atomic E-state index is 0.0477. The van der Waals surface area contributed by atoms with Gasteiger partial charge in [0.1, 0.15) is 17.8 Å². The molecule has 18 nitrogen and oxygen atoms in total. The van der Waals surface area contributed by atoms with Gasteiger partial charge in [-0.15, -0.1) is 0 Å². The molecule has 1 saturated heterocycles. The topological polar surface area (TPSA) is 250 Å². The van der Waals surface area contributed by atoms with Crippen LogP contribution in [0, 0.1) is 11.8 Å². The van der Waals surface area contributed by atoms with Gasteiger partial charge >= 0.3 is 0 Å². The van der Waals surface area contributed by atoms with Crippen molar-refractivity contribution in [2.75, 3.05) is 46.8 Å². The van der Waals surface area contributed by atoms with Crippen molar-refractivity contribution in [3.63, 3.8) is 0 Å². The highest BCUT2D eigenvalue weighted by Crippen LogP contribution is 2.27. The second-order valence-corrected chi connectivity index (χ2v) is 13.2. The van der Waals surface area contributed by atoms with Gasteiger partial charge < -0.3 is 42.1 Å². The molecule has 1 saturated carbocycles. The summed E-state index contributed by atoms with van der Waals surface area (Å²) < 4.78 is 0. The summed E-state index contributed by atoms with van der Waals surface area (Å²) in [6, 6.07) is 7.11. The summed E-state index contributed by atoms with van der Waals surface area (Å²) in [5.41, 5.74) is 0.758. The van der Waals surface area contributed by atoms with Crippen LogP contribution < -0.4 is 37.2 Å². The number of benzene rings is 1. The first kappa shape index (κ1) is 50.2. The van der Waals surface area contributed by atoms with Crippen LogP contribution in [0.15, 0.2) is 48.9 Å². The quantitative estimate of drug-likeness (QED) is 0.0904. The number of likely N-dealkylation sites (N-methyl/N-ethyl adjacent to an activating group) is 1. The van der Waals surface area contributed by atoms with E-state index in [1.807, 2.05) is 27.7 Å². The van der Waals surface area contributed by atoms with Crippen LogP contribution in [0.3, 0.4) is 0 Å². The summed E-state index contributed by atoms with van der Waals surface area (Å²) in [6.07, 6.45) is 9.52. The number of nitrogens with zero attached hydrogens (tertiary/aromatic N) is 3. The van der Waals surface area contributed by atoms with Gasteiger partial charge in [-0.3, -0.25) is 43.3 Å². The third-order valence-electron chi connectivity index (χ3n) is 8.91. The van der Waals surface area contributed by atoms with E-state index in [9.17, 15) is 38.4 Å². The van der Waals surface area contributed by atoms with Crippen molar-refractivity contribution in [1.29, 1.82) is 0 Å². The Morgan fingerprint density at radius 3 is 2.07 bits per heavy atom. The highest BCUT2D eigenvalue weighted by atomic mass is 16.2. The lowest BCUT2D eigenvalue weighted by Gasteiger charge is -2.30. The largest absolute Gasteiger partial charge is 0.351 e. The molecule has 2 aromatic rings. The number of carbonyl (C=O) groups is 8. The van der Waals surface area contributed by atoms with Crippen LogP contribution in [-0.2, 0) is 33.6 Å². The molecule has 2 fully saturated rings. The minimum atomic E-state index is -1.00. The van der Waals surface area contributed by atoms with E-state index in [-0.39, 0.29) is 48.3 Å². The number of aromatic nitrogens is 2. The Bertz CT molecular complexity index is 1590. The molecule has 7 amide bonds. The Balaban J connectivity index is 0.000000540. The van der Waals surface area contributed by atoms with Crippen LogP contribution in [0.4, 0.5) is 0 Å². The zero-order chi connectivity index (χ0) is 43.5. The Morgan fingerprint density at radius 2 is 1.50 bits per heavy atom. The van der Waals surface area contributed by atoms with Gasteiger partial charge in [0, 0.05) is 39.1 Å². The van der Waals surface area contributed by atoms with Crippen LogP contribution in [0.2, 0.25) is 0 Å². The van der Waals surface area contributed by atoms with Crippen LogP contribution in [-0.4, -0.2) is 121 Å². The maximum absolute atomic E-state index is 12.9. The number of ketones is 1. The van der Waals surface area contributed by atoms with E-state index in [4.69, 9.17) is 0 Å². The molecule has 1 aromatic heterocycles. The van der Waals surface area contributed by atoms with Gasteiger partial charge in [-0.1, -0.05) is 84.2 Å². The molecule has 2 aliphatic rings. The lowest BCUT2D eigenvalue weighted by atomic mass is 9.83. The summed E-state index contributed by atoms with van der Waals surface area (Å²) >= 11 is 0. The molecule has 0 bridgehead atoms. The first-order valence-electron chi connectivity index (χ1n) is 19.8.